The van der Waals surface area contributed by atoms with Crippen LogP contribution in [0.2, 0.25) is 0 Å². The first-order valence-corrected chi connectivity index (χ1v) is 8.56. The Morgan fingerprint density at radius 2 is 2.00 bits per heavy atom. The molecule has 6 nitrogen and oxygen atoms in total. The third-order valence-corrected chi connectivity index (χ3v) is 4.92. The summed E-state index contributed by atoms with van der Waals surface area (Å²) in [6.07, 6.45) is 2.71. The maximum Gasteiger partial charge on any atom is 0.163 e. The van der Waals surface area contributed by atoms with Gasteiger partial charge in [0, 0.05) is 29.9 Å². The highest BCUT2D eigenvalue weighted by molar-refractivity contribution is 6.15. The minimum atomic E-state index is -0.751. The molecule has 3 aromatic rings. The minimum Gasteiger partial charge on any atom is -0.351 e. The zero-order valence-corrected chi connectivity index (χ0v) is 14.3. The van der Waals surface area contributed by atoms with E-state index in [2.05, 4.69) is 33.4 Å². The molecule has 5 rings (SSSR count). The van der Waals surface area contributed by atoms with Crippen LogP contribution in [0.4, 0.5) is 10.2 Å². The van der Waals surface area contributed by atoms with E-state index in [9.17, 15) is 4.39 Å². The molecule has 7 heteroatoms. The number of aryl methyl sites for hydroxylation is 1. The van der Waals surface area contributed by atoms with Crippen LogP contribution >= 0.6 is 0 Å². The summed E-state index contributed by atoms with van der Waals surface area (Å²) in [7, 11) is 1.93. The van der Waals surface area contributed by atoms with E-state index in [-0.39, 0.29) is 0 Å². The van der Waals surface area contributed by atoms with Crippen LogP contribution in [0.15, 0.2) is 47.8 Å². The summed E-state index contributed by atoms with van der Waals surface area (Å²) in [6.45, 7) is 1.49. The molecule has 0 bridgehead atoms. The fraction of sp³-hybridized carbons (Fsp3) is 0.263. The number of alkyl halides is 1. The van der Waals surface area contributed by atoms with Gasteiger partial charge in [-0.2, -0.15) is 0 Å². The van der Waals surface area contributed by atoms with Crippen LogP contribution in [0.1, 0.15) is 16.7 Å². The van der Waals surface area contributed by atoms with Gasteiger partial charge < -0.3 is 9.47 Å². The van der Waals surface area contributed by atoms with Crippen LogP contribution in [0.3, 0.4) is 0 Å². The number of hydrogen-bond acceptors (Lipinski definition) is 5. The number of aliphatic imine (C=N–C) groups is 1. The van der Waals surface area contributed by atoms with Crippen molar-refractivity contribution in [3.05, 3.63) is 59.5 Å². The van der Waals surface area contributed by atoms with E-state index in [1.807, 2.05) is 28.6 Å². The summed E-state index contributed by atoms with van der Waals surface area (Å²) in [6, 6.07) is 10.2. The summed E-state index contributed by atoms with van der Waals surface area (Å²) in [5, 5.41) is 8.15. The number of nitrogens with zero attached hydrogens (tertiary/aromatic N) is 6. The molecule has 0 N–H and O–H groups in total. The monoisotopic (exact) mass is 348 g/mol. The largest absolute Gasteiger partial charge is 0.351 e. The van der Waals surface area contributed by atoms with Crippen LogP contribution in [0.25, 0.3) is 11.4 Å². The van der Waals surface area contributed by atoms with Crippen molar-refractivity contribution in [2.45, 2.75) is 12.7 Å². The van der Waals surface area contributed by atoms with E-state index in [0.29, 0.717) is 19.6 Å². The number of aromatic nitrogens is 4. The SMILES string of the molecule is Cn1cnnc1-c1ccc2c(c1)C(c1ccnc(N3CC(F)C3)c1)=NC2. The number of pyridine rings is 1. The molecular weight excluding hydrogens is 331 g/mol. The Morgan fingerprint density at radius 3 is 2.77 bits per heavy atom. The number of halogens is 1. The van der Waals surface area contributed by atoms with Crippen molar-refractivity contribution in [1.29, 1.82) is 0 Å². The van der Waals surface area contributed by atoms with Gasteiger partial charge in [-0.25, -0.2) is 9.37 Å². The van der Waals surface area contributed by atoms with Gasteiger partial charge in [-0.3, -0.25) is 4.99 Å². The van der Waals surface area contributed by atoms with Crippen molar-refractivity contribution >= 4 is 11.5 Å². The van der Waals surface area contributed by atoms with Crippen molar-refractivity contribution in [2.24, 2.45) is 12.0 Å². The van der Waals surface area contributed by atoms with Crippen molar-refractivity contribution in [3.8, 4) is 11.4 Å². The van der Waals surface area contributed by atoms with Gasteiger partial charge in [0.1, 0.15) is 18.3 Å². The van der Waals surface area contributed by atoms with Gasteiger partial charge in [0.2, 0.25) is 0 Å². The second kappa shape index (κ2) is 5.72. The molecule has 4 heterocycles. The van der Waals surface area contributed by atoms with Crippen LogP contribution in [0.5, 0.6) is 0 Å². The smallest absolute Gasteiger partial charge is 0.163 e. The number of hydrogen-bond donors (Lipinski definition) is 0. The lowest BCUT2D eigenvalue weighted by Crippen LogP contribution is -2.48. The van der Waals surface area contributed by atoms with Gasteiger partial charge >= 0.3 is 0 Å². The first-order chi connectivity index (χ1) is 12.7. The predicted octanol–water partition coefficient (Wildman–Crippen LogP) is 2.39. The lowest BCUT2D eigenvalue weighted by molar-refractivity contribution is 0.273. The van der Waals surface area contributed by atoms with E-state index < -0.39 is 6.17 Å². The molecule has 0 atom stereocenters. The molecule has 2 aliphatic heterocycles. The third kappa shape index (κ3) is 2.39. The molecule has 2 aromatic heterocycles. The number of rotatable bonds is 3. The average Bonchev–Trinajstić information content (AvgIpc) is 3.24. The van der Waals surface area contributed by atoms with E-state index >= 15 is 0 Å². The highest BCUT2D eigenvalue weighted by Crippen LogP contribution is 2.29. The van der Waals surface area contributed by atoms with Crippen molar-refractivity contribution in [1.82, 2.24) is 19.7 Å². The van der Waals surface area contributed by atoms with Crippen LogP contribution in [0, 0.1) is 0 Å². The first-order valence-electron chi connectivity index (χ1n) is 8.56. The highest BCUT2D eigenvalue weighted by atomic mass is 19.1. The summed E-state index contributed by atoms with van der Waals surface area (Å²) < 4.78 is 15.1. The van der Waals surface area contributed by atoms with Gasteiger partial charge in [-0.1, -0.05) is 12.1 Å². The topological polar surface area (TPSA) is 59.2 Å². The Bertz CT molecular complexity index is 1020. The average molecular weight is 348 g/mol. The molecule has 0 saturated carbocycles. The fourth-order valence-electron chi connectivity index (χ4n) is 3.47. The van der Waals surface area contributed by atoms with Crippen molar-refractivity contribution < 1.29 is 4.39 Å². The van der Waals surface area contributed by atoms with Gasteiger partial charge in [-0.15, -0.1) is 10.2 Å². The molecule has 0 spiro atoms. The van der Waals surface area contributed by atoms with E-state index in [1.54, 1.807) is 12.5 Å². The Labute approximate surface area is 150 Å². The van der Waals surface area contributed by atoms with Crippen LogP contribution < -0.4 is 4.90 Å². The zero-order valence-electron chi connectivity index (χ0n) is 14.3. The Kier molecular flexibility index (Phi) is 3.34. The van der Waals surface area contributed by atoms with E-state index in [0.717, 1.165) is 34.0 Å². The zero-order chi connectivity index (χ0) is 17.7. The third-order valence-electron chi connectivity index (χ3n) is 4.92. The number of fused-ring (bicyclic) bond motifs is 1. The lowest BCUT2D eigenvalue weighted by atomic mass is 9.98. The Balaban J connectivity index is 1.52. The quantitative estimate of drug-likeness (QED) is 0.729. The normalized spacial score (nSPS) is 16.4. The summed E-state index contributed by atoms with van der Waals surface area (Å²) >= 11 is 0. The molecule has 0 radical (unpaired) electrons. The van der Waals surface area contributed by atoms with Crippen molar-refractivity contribution in [2.75, 3.05) is 18.0 Å². The molecule has 0 amide bonds. The minimum absolute atomic E-state index is 0.413. The Hall–Kier alpha value is -3.09. The maximum absolute atomic E-state index is 13.2. The summed E-state index contributed by atoms with van der Waals surface area (Å²) in [5.41, 5.74) is 5.26. The molecule has 0 aliphatic carbocycles. The van der Waals surface area contributed by atoms with E-state index in [1.165, 1.54) is 5.56 Å². The van der Waals surface area contributed by atoms with Crippen LogP contribution in [-0.2, 0) is 13.6 Å². The van der Waals surface area contributed by atoms with Crippen LogP contribution in [-0.4, -0.2) is 44.7 Å². The molecule has 2 aliphatic rings. The predicted molar refractivity (Wildman–Crippen MR) is 97.1 cm³/mol. The van der Waals surface area contributed by atoms with Gasteiger partial charge in [0.15, 0.2) is 5.82 Å². The second-order valence-electron chi connectivity index (χ2n) is 6.71. The molecule has 1 fully saturated rings. The molecule has 26 heavy (non-hydrogen) atoms. The van der Waals surface area contributed by atoms with Gasteiger partial charge in [0.25, 0.3) is 0 Å². The van der Waals surface area contributed by atoms with Gasteiger partial charge in [-0.05, 0) is 23.8 Å². The second-order valence-corrected chi connectivity index (χ2v) is 6.71. The first kappa shape index (κ1) is 15.2. The Morgan fingerprint density at radius 1 is 1.12 bits per heavy atom. The molecule has 1 saturated heterocycles. The van der Waals surface area contributed by atoms with Crippen molar-refractivity contribution in [3.63, 3.8) is 0 Å². The molecule has 0 unspecified atom stereocenters. The van der Waals surface area contributed by atoms with Gasteiger partial charge in [0.05, 0.1) is 25.3 Å². The van der Waals surface area contributed by atoms with E-state index in [4.69, 9.17) is 4.99 Å². The molecular formula is C19H17FN6. The highest BCUT2D eigenvalue weighted by Gasteiger charge is 2.28. The molecule has 130 valence electrons. The standard InChI is InChI=1S/C19H17FN6/c1-25-11-23-24-19(25)13-2-3-14-8-22-18(16(14)6-13)12-4-5-21-17(7-12)26-9-15(20)10-26/h2-7,11,15H,8-10H2,1H3. The molecule has 1 aromatic carbocycles. The lowest BCUT2D eigenvalue weighted by Gasteiger charge is -2.35. The number of benzene rings is 1. The summed E-state index contributed by atoms with van der Waals surface area (Å²) in [5.74, 6) is 1.63. The summed E-state index contributed by atoms with van der Waals surface area (Å²) in [4.78, 5) is 11.1. The number of anilines is 1. The maximum atomic E-state index is 13.2. The fourth-order valence-corrected chi connectivity index (χ4v) is 3.47.